The molecule has 132 valence electrons. The monoisotopic (exact) mass is 329 g/mol. The molecule has 0 spiro atoms. The molecule has 1 aromatic carbocycles. The van der Waals surface area contributed by atoms with Crippen LogP contribution in [-0.4, -0.2) is 37.5 Å². The minimum atomic E-state index is -0.438. The summed E-state index contributed by atoms with van der Waals surface area (Å²) >= 11 is 0. The Labute approximate surface area is 146 Å². The molecule has 0 heterocycles. The molecule has 0 aromatic heterocycles. The molecule has 2 bridgehead atoms. The van der Waals surface area contributed by atoms with Crippen molar-refractivity contribution in [3.63, 3.8) is 0 Å². The molecule has 0 aliphatic heterocycles. The van der Waals surface area contributed by atoms with Crippen LogP contribution in [0.3, 0.4) is 0 Å². The molecule has 3 aliphatic rings. The minimum absolute atomic E-state index is 0.409. The van der Waals surface area contributed by atoms with E-state index >= 15 is 0 Å². The Kier molecular flexibility index (Phi) is 5.75. The molecule has 4 rings (SSSR count). The summed E-state index contributed by atoms with van der Waals surface area (Å²) in [6, 6.07) is 10.4. The lowest BCUT2D eigenvalue weighted by atomic mass is 9.49. The highest BCUT2D eigenvalue weighted by Gasteiger charge is 2.50. The maximum Gasteiger partial charge on any atom is 0.0897 e. The average Bonchev–Trinajstić information content (AvgIpc) is 2.59. The Morgan fingerprint density at radius 3 is 2.79 bits per heavy atom. The molecule has 24 heavy (non-hydrogen) atoms. The van der Waals surface area contributed by atoms with Gasteiger partial charge in [0.25, 0.3) is 0 Å². The van der Waals surface area contributed by atoms with E-state index in [1.807, 2.05) is 6.07 Å². The Morgan fingerprint density at radius 2 is 2.08 bits per heavy atom. The molecule has 3 nitrogen and oxygen atoms in total. The quantitative estimate of drug-likeness (QED) is 0.540. The third-order valence-corrected chi connectivity index (χ3v) is 5.97. The molecule has 3 heteroatoms. The Bertz CT molecular complexity index is 552. The van der Waals surface area contributed by atoms with E-state index in [1.165, 1.54) is 24.0 Å². The van der Waals surface area contributed by atoms with Crippen LogP contribution >= 0.6 is 0 Å². The van der Waals surface area contributed by atoms with Gasteiger partial charge in [-0.25, -0.2) is 0 Å². The second-order valence-corrected chi connectivity index (χ2v) is 7.93. The molecule has 3 aliphatic carbocycles. The van der Waals surface area contributed by atoms with E-state index in [4.69, 9.17) is 4.74 Å². The van der Waals surface area contributed by atoms with Crippen molar-refractivity contribution in [2.24, 2.45) is 17.3 Å². The Balaban J connectivity index is 1.28. The van der Waals surface area contributed by atoms with Crippen molar-refractivity contribution < 1.29 is 9.84 Å². The van der Waals surface area contributed by atoms with Crippen LogP contribution < -0.4 is 5.32 Å². The molecule has 2 N–H and O–H groups in total. The van der Waals surface area contributed by atoms with Gasteiger partial charge < -0.3 is 15.2 Å². The van der Waals surface area contributed by atoms with Crippen molar-refractivity contribution in [2.75, 3.05) is 26.3 Å². The average molecular weight is 329 g/mol. The van der Waals surface area contributed by atoms with Crippen molar-refractivity contribution in [3.8, 4) is 0 Å². The van der Waals surface area contributed by atoms with Crippen LogP contribution in [0.5, 0.6) is 0 Å². The molecular formula is C21H31NO2. The molecular weight excluding hydrogens is 298 g/mol. The summed E-state index contributed by atoms with van der Waals surface area (Å²) in [5.74, 6) is 1.56. The van der Waals surface area contributed by atoms with Gasteiger partial charge in [0.15, 0.2) is 0 Å². The zero-order valence-electron chi connectivity index (χ0n) is 15.0. The summed E-state index contributed by atoms with van der Waals surface area (Å²) in [5.41, 5.74) is 3.22. The minimum Gasteiger partial charge on any atom is -0.389 e. The predicted octanol–water partition coefficient (Wildman–Crippen LogP) is 3.19. The number of hydrogen-bond donors (Lipinski definition) is 2. The first kappa shape index (κ1) is 17.7. The van der Waals surface area contributed by atoms with Crippen molar-refractivity contribution in [3.05, 3.63) is 47.5 Å². The van der Waals surface area contributed by atoms with Crippen LogP contribution in [0.4, 0.5) is 0 Å². The number of rotatable bonds is 9. The molecule has 3 atom stereocenters. The summed E-state index contributed by atoms with van der Waals surface area (Å²) in [6.07, 6.45) is 5.44. The molecule has 0 radical (unpaired) electrons. The smallest absolute Gasteiger partial charge is 0.0897 e. The standard InChI is InChI=1S/C21H31NO2/c1-21(2)18-9-8-17(20(21)12-18)14-24-15-19(23)13-22-11-10-16-6-4-3-5-7-16/h3-8,18-20,22-23H,9-15H2,1-2H3/t18-,19+,20+/m0/s1. The highest BCUT2D eigenvalue weighted by atomic mass is 16.5. The van der Waals surface area contributed by atoms with Crippen LogP contribution in [0, 0.1) is 17.3 Å². The fourth-order valence-corrected chi connectivity index (χ4v) is 4.16. The van der Waals surface area contributed by atoms with Gasteiger partial charge in [0.1, 0.15) is 0 Å². The number of fused-ring (bicyclic) bond motifs is 1. The van der Waals surface area contributed by atoms with Gasteiger partial charge in [0, 0.05) is 6.54 Å². The first-order chi connectivity index (χ1) is 11.6. The van der Waals surface area contributed by atoms with Crippen LogP contribution in [0.15, 0.2) is 42.0 Å². The van der Waals surface area contributed by atoms with Gasteiger partial charge >= 0.3 is 0 Å². The first-order valence-corrected chi connectivity index (χ1v) is 9.26. The maximum atomic E-state index is 10.0. The SMILES string of the molecule is CC1(C)[C@H]2CC=C(COC[C@H](O)CNCCc3ccccc3)[C@H]1C2. The van der Waals surface area contributed by atoms with E-state index in [0.29, 0.717) is 31.1 Å². The molecule has 1 saturated carbocycles. The molecule has 1 fully saturated rings. The second-order valence-electron chi connectivity index (χ2n) is 7.93. The van der Waals surface area contributed by atoms with Gasteiger partial charge in [0.2, 0.25) is 0 Å². The van der Waals surface area contributed by atoms with E-state index in [2.05, 4.69) is 49.5 Å². The third kappa shape index (κ3) is 4.08. The summed E-state index contributed by atoms with van der Waals surface area (Å²) in [6.45, 7) is 7.32. The zero-order chi connectivity index (χ0) is 17.0. The lowest BCUT2D eigenvalue weighted by Crippen LogP contribution is -2.48. The summed E-state index contributed by atoms with van der Waals surface area (Å²) < 4.78 is 5.78. The number of aliphatic hydroxyl groups is 1. The summed E-state index contributed by atoms with van der Waals surface area (Å²) in [7, 11) is 0. The predicted molar refractivity (Wildman–Crippen MR) is 97.9 cm³/mol. The summed E-state index contributed by atoms with van der Waals surface area (Å²) in [4.78, 5) is 0. The van der Waals surface area contributed by atoms with Gasteiger partial charge in [-0.2, -0.15) is 0 Å². The fraction of sp³-hybridized carbons (Fsp3) is 0.619. The van der Waals surface area contributed by atoms with E-state index in [-0.39, 0.29) is 0 Å². The second kappa shape index (κ2) is 7.81. The van der Waals surface area contributed by atoms with Gasteiger partial charge in [-0.05, 0) is 54.2 Å². The van der Waals surface area contributed by atoms with E-state index in [1.54, 1.807) is 0 Å². The molecule has 0 saturated heterocycles. The van der Waals surface area contributed by atoms with E-state index in [0.717, 1.165) is 18.9 Å². The van der Waals surface area contributed by atoms with Crippen molar-refractivity contribution in [1.82, 2.24) is 5.32 Å². The molecule has 1 aromatic rings. The lowest BCUT2D eigenvalue weighted by molar-refractivity contribution is -0.0235. The van der Waals surface area contributed by atoms with Gasteiger partial charge in [-0.3, -0.25) is 0 Å². The third-order valence-electron chi connectivity index (χ3n) is 5.97. The van der Waals surface area contributed by atoms with Crippen molar-refractivity contribution >= 4 is 0 Å². The largest absolute Gasteiger partial charge is 0.389 e. The van der Waals surface area contributed by atoms with Gasteiger partial charge in [-0.15, -0.1) is 0 Å². The fourth-order valence-electron chi connectivity index (χ4n) is 4.16. The Morgan fingerprint density at radius 1 is 1.29 bits per heavy atom. The Hall–Kier alpha value is -1.16. The van der Waals surface area contributed by atoms with Crippen molar-refractivity contribution in [1.29, 1.82) is 0 Å². The van der Waals surface area contributed by atoms with Gasteiger partial charge in [-0.1, -0.05) is 50.3 Å². The van der Waals surface area contributed by atoms with Gasteiger partial charge in [0.05, 0.1) is 19.3 Å². The number of aliphatic hydroxyl groups excluding tert-OH is 1. The van der Waals surface area contributed by atoms with Crippen LogP contribution in [0.25, 0.3) is 0 Å². The highest BCUT2D eigenvalue weighted by Crippen LogP contribution is 2.59. The number of ether oxygens (including phenoxy) is 1. The number of allylic oxidation sites excluding steroid dienone is 1. The lowest BCUT2D eigenvalue weighted by Gasteiger charge is -2.56. The van der Waals surface area contributed by atoms with Crippen LogP contribution in [0.1, 0.15) is 32.3 Å². The zero-order valence-corrected chi connectivity index (χ0v) is 15.0. The maximum absolute atomic E-state index is 10.0. The molecule has 0 unspecified atom stereocenters. The molecule has 0 amide bonds. The van der Waals surface area contributed by atoms with Crippen LogP contribution in [-0.2, 0) is 11.2 Å². The number of nitrogens with one attached hydrogen (secondary N) is 1. The van der Waals surface area contributed by atoms with E-state index in [9.17, 15) is 5.11 Å². The van der Waals surface area contributed by atoms with E-state index < -0.39 is 6.10 Å². The van der Waals surface area contributed by atoms with Crippen LogP contribution in [0.2, 0.25) is 0 Å². The topological polar surface area (TPSA) is 41.5 Å². The highest BCUT2D eigenvalue weighted by molar-refractivity contribution is 5.23. The number of hydrogen-bond acceptors (Lipinski definition) is 3. The summed E-state index contributed by atoms with van der Waals surface area (Å²) in [5, 5.41) is 13.4. The first-order valence-electron chi connectivity index (χ1n) is 9.26. The van der Waals surface area contributed by atoms with Crippen molar-refractivity contribution in [2.45, 2.75) is 39.2 Å². The number of benzene rings is 1. The normalized spacial score (nSPS) is 25.7.